The van der Waals surface area contributed by atoms with Gasteiger partial charge in [0.05, 0.1) is 23.0 Å². The van der Waals surface area contributed by atoms with Crippen LogP contribution >= 0.6 is 11.6 Å². The monoisotopic (exact) mass is 482 g/mol. The molecule has 0 bridgehead atoms. The van der Waals surface area contributed by atoms with E-state index in [2.05, 4.69) is 20.4 Å². The van der Waals surface area contributed by atoms with Gasteiger partial charge < -0.3 is 10.2 Å². The third-order valence-electron chi connectivity index (χ3n) is 5.81. The fourth-order valence-electron chi connectivity index (χ4n) is 4.08. The number of fused-ring (bicyclic) bond motifs is 1. The van der Waals surface area contributed by atoms with Crippen LogP contribution in [0.2, 0.25) is 5.15 Å². The van der Waals surface area contributed by atoms with Crippen LogP contribution < -0.4 is 10.2 Å². The number of anilines is 2. The zero-order valence-electron chi connectivity index (χ0n) is 19.3. The van der Waals surface area contributed by atoms with Crippen molar-refractivity contribution < 1.29 is 4.79 Å². The topological polar surface area (TPSA) is 75.9 Å². The number of pyridine rings is 2. The molecule has 5 rings (SSSR count). The standard InChI is InChI=1S/C27H23ClN6O/c1-33(17-22-25(32-34(2)26(22)28)19-9-7-13-29-15-19)24-12-6-4-10-21(24)27(35)31-20-14-18-8-3-5-11-23(18)30-16-20/h3-16H,17H2,1-2H3,(H,31,35). The Morgan fingerprint density at radius 1 is 1.06 bits per heavy atom. The summed E-state index contributed by atoms with van der Waals surface area (Å²) in [5.74, 6) is -0.214. The largest absolute Gasteiger partial charge is 0.369 e. The molecule has 0 aliphatic carbocycles. The van der Waals surface area contributed by atoms with Gasteiger partial charge in [-0.25, -0.2) is 0 Å². The summed E-state index contributed by atoms with van der Waals surface area (Å²) in [5, 5.41) is 9.08. The van der Waals surface area contributed by atoms with Gasteiger partial charge in [-0.1, -0.05) is 41.9 Å². The predicted octanol–water partition coefficient (Wildman–Crippen LogP) is 5.57. The molecule has 35 heavy (non-hydrogen) atoms. The summed E-state index contributed by atoms with van der Waals surface area (Å²) in [7, 11) is 3.74. The van der Waals surface area contributed by atoms with Crippen LogP contribution in [-0.4, -0.2) is 32.7 Å². The van der Waals surface area contributed by atoms with Gasteiger partial charge in [0.25, 0.3) is 5.91 Å². The lowest BCUT2D eigenvalue weighted by molar-refractivity contribution is 0.102. The molecular weight excluding hydrogens is 460 g/mol. The van der Waals surface area contributed by atoms with E-state index in [1.807, 2.05) is 85.7 Å². The summed E-state index contributed by atoms with van der Waals surface area (Å²) in [6.07, 6.45) is 5.16. The molecule has 1 N–H and O–H groups in total. The summed E-state index contributed by atoms with van der Waals surface area (Å²) in [5.41, 5.74) is 5.35. The number of carbonyl (C=O) groups is 1. The summed E-state index contributed by atoms with van der Waals surface area (Å²) in [4.78, 5) is 23.9. The van der Waals surface area contributed by atoms with Crippen LogP contribution in [0.3, 0.4) is 0 Å². The van der Waals surface area contributed by atoms with E-state index in [9.17, 15) is 4.79 Å². The van der Waals surface area contributed by atoms with Gasteiger partial charge >= 0.3 is 0 Å². The first-order valence-corrected chi connectivity index (χ1v) is 11.5. The van der Waals surface area contributed by atoms with E-state index < -0.39 is 0 Å². The van der Waals surface area contributed by atoms with E-state index in [0.717, 1.165) is 33.4 Å². The molecule has 3 aromatic heterocycles. The van der Waals surface area contributed by atoms with E-state index in [-0.39, 0.29) is 5.91 Å². The Hall–Kier alpha value is -4.23. The number of rotatable bonds is 6. The number of aromatic nitrogens is 4. The number of carbonyl (C=O) groups excluding carboxylic acids is 1. The maximum atomic E-state index is 13.3. The average molecular weight is 483 g/mol. The molecule has 0 aliphatic rings. The maximum absolute atomic E-state index is 13.3. The summed E-state index contributed by atoms with van der Waals surface area (Å²) in [6.45, 7) is 0.457. The molecule has 0 fully saturated rings. The van der Waals surface area contributed by atoms with Crippen molar-refractivity contribution in [3.05, 3.63) is 102 Å². The molecule has 2 aromatic carbocycles. The van der Waals surface area contributed by atoms with Crippen LogP contribution in [0, 0.1) is 0 Å². The van der Waals surface area contributed by atoms with E-state index in [1.165, 1.54) is 0 Å². The first-order valence-electron chi connectivity index (χ1n) is 11.1. The Morgan fingerprint density at radius 2 is 1.86 bits per heavy atom. The van der Waals surface area contributed by atoms with Crippen molar-refractivity contribution in [2.24, 2.45) is 7.05 Å². The minimum Gasteiger partial charge on any atom is -0.369 e. The third kappa shape index (κ3) is 4.58. The van der Waals surface area contributed by atoms with Gasteiger partial charge in [-0.05, 0) is 36.4 Å². The average Bonchev–Trinajstić information content (AvgIpc) is 3.17. The van der Waals surface area contributed by atoms with E-state index in [4.69, 9.17) is 11.6 Å². The van der Waals surface area contributed by atoms with Crippen molar-refractivity contribution >= 4 is 39.8 Å². The molecule has 8 heteroatoms. The Bertz CT molecular complexity index is 1520. The Balaban J connectivity index is 1.43. The number of para-hydroxylation sites is 2. The number of nitrogens with one attached hydrogen (secondary N) is 1. The number of nitrogens with zero attached hydrogens (tertiary/aromatic N) is 5. The molecule has 0 radical (unpaired) electrons. The van der Waals surface area contributed by atoms with Crippen molar-refractivity contribution in [2.45, 2.75) is 6.54 Å². The van der Waals surface area contributed by atoms with Crippen LogP contribution in [0.15, 0.2) is 85.3 Å². The Kier molecular flexibility index (Phi) is 6.16. The van der Waals surface area contributed by atoms with Gasteiger partial charge in [-0.15, -0.1) is 0 Å². The Morgan fingerprint density at radius 3 is 2.69 bits per heavy atom. The molecule has 0 spiro atoms. The molecule has 1 amide bonds. The number of aryl methyl sites for hydroxylation is 1. The summed E-state index contributed by atoms with van der Waals surface area (Å²) < 4.78 is 1.65. The van der Waals surface area contributed by atoms with Gasteiger partial charge in [0.15, 0.2) is 0 Å². The number of hydrogen-bond acceptors (Lipinski definition) is 5. The molecule has 7 nitrogen and oxygen atoms in total. The minimum atomic E-state index is -0.214. The number of amides is 1. The molecular formula is C27H23ClN6O. The molecule has 174 valence electrons. The van der Waals surface area contributed by atoms with Gasteiger partial charge in [0.1, 0.15) is 10.8 Å². The smallest absolute Gasteiger partial charge is 0.257 e. The highest BCUT2D eigenvalue weighted by atomic mass is 35.5. The number of halogens is 1. The van der Waals surface area contributed by atoms with E-state index in [0.29, 0.717) is 22.9 Å². The van der Waals surface area contributed by atoms with Gasteiger partial charge in [-0.3, -0.25) is 19.4 Å². The summed E-state index contributed by atoms with van der Waals surface area (Å²) >= 11 is 6.62. The molecule has 0 aliphatic heterocycles. The fraction of sp³-hybridized carbons (Fsp3) is 0.111. The van der Waals surface area contributed by atoms with Crippen LogP contribution in [0.1, 0.15) is 15.9 Å². The number of benzene rings is 2. The fourth-order valence-corrected chi connectivity index (χ4v) is 4.27. The van der Waals surface area contributed by atoms with Gasteiger partial charge in [0.2, 0.25) is 0 Å². The van der Waals surface area contributed by atoms with Crippen LogP contribution in [0.4, 0.5) is 11.4 Å². The second-order valence-electron chi connectivity index (χ2n) is 8.23. The second kappa shape index (κ2) is 9.56. The van der Waals surface area contributed by atoms with Crippen molar-refractivity contribution in [1.29, 1.82) is 0 Å². The lowest BCUT2D eigenvalue weighted by Crippen LogP contribution is -2.22. The normalized spacial score (nSPS) is 10.9. The Labute approximate surface area is 208 Å². The minimum absolute atomic E-state index is 0.214. The highest BCUT2D eigenvalue weighted by Gasteiger charge is 2.21. The van der Waals surface area contributed by atoms with Crippen molar-refractivity contribution in [3.8, 4) is 11.3 Å². The van der Waals surface area contributed by atoms with Crippen molar-refractivity contribution in [2.75, 3.05) is 17.3 Å². The van der Waals surface area contributed by atoms with Crippen LogP contribution in [-0.2, 0) is 13.6 Å². The van der Waals surface area contributed by atoms with Gasteiger partial charge in [0, 0.05) is 55.2 Å². The van der Waals surface area contributed by atoms with Gasteiger partial charge in [-0.2, -0.15) is 5.10 Å². The zero-order valence-corrected chi connectivity index (χ0v) is 20.1. The summed E-state index contributed by atoms with van der Waals surface area (Å²) in [6, 6.07) is 21.0. The first-order chi connectivity index (χ1) is 17.0. The first kappa shape index (κ1) is 22.6. The second-order valence-corrected chi connectivity index (χ2v) is 8.59. The van der Waals surface area contributed by atoms with E-state index in [1.54, 1.807) is 23.3 Å². The zero-order chi connectivity index (χ0) is 24.4. The molecule has 5 aromatic rings. The molecule has 0 saturated carbocycles. The van der Waals surface area contributed by atoms with Crippen molar-refractivity contribution in [3.63, 3.8) is 0 Å². The van der Waals surface area contributed by atoms with Crippen molar-refractivity contribution in [1.82, 2.24) is 19.7 Å². The van der Waals surface area contributed by atoms with Crippen LogP contribution in [0.25, 0.3) is 22.2 Å². The molecule has 0 saturated heterocycles. The highest BCUT2D eigenvalue weighted by Crippen LogP contribution is 2.31. The lowest BCUT2D eigenvalue weighted by Gasteiger charge is -2.22. The third-order valence-corrected chi connectivity index (χ3v) is 6.28. The SMILES string of the molecule is CN(Cc1c(-c2cccnc2)nn(C)c1Cl)c1ccccc1C(=O)Nc1cnc2ccccc2c1. The maximum Gasteiger partial charge on any atom is 0.257 e. The molecule has 0 atom stereocenters. The van der Waals surface area contributed by atoms with E-state index >= 15 is 0 Å². The number of hydrogen-bond donors (Lipinski definition) is 1. The van der Waals surface area contributed by atoms with Crippen LogP contribution in [0.5, 0.6) is 0 Å². The lowest BCUT2D eigenvalue weighted by atomic mass is 10.1. The molecule has 3 heterocycles. The predicted molar refractivity (Wildman–Crippen MR) is 140 cm³/mol. The highest BCUT2D eigenvalue weighted by molar-refractivity contribution is 6.30. The quantitative estimate of drug-likeness (QED) is 0.342. The molecule has 0 unspecified atom stereocenters.